The van der Waals surface area contributed by atoms with E-state index in [1.807, 2.05) is 19.1 Å². The first-order valence-electron chi connectivity index (χ1n) is 6.12. The largest absolute Gasteiger partial charge is 0.435 e. The van der Waals surface area contributed by atoms with E-state index in [0.717, 1.165) is 28.9 Å². The second-order valence-corrected chi connectivity index (χ2v) is 4.19. The number of pyridine rings is 1. The maximum atomic E-state index is 12.1. The Kier molecular flexibility index (Phi) is 4.10. The van der Waals surface area contributed by atoms with Crippen LogP contribution < -0.4 is 4.74 Å². The van der Waals surface area contributed by atoms with Gasteiger partial charge in [-0.2, -0.15) is 8.78 Å². The van der Waals surface area contributed by atoms with Gasteiger partial charge in [0.05, 0.1) is 0 Å². The molecule has 1 aromatic heterocycles. The Morgan fingerprint density at radius 3 is 2.32 bits per heavy atom. The topological polar surface area (TPSA) is 22.1 Å². The van der Waals surface area contributed by atoms with Crippen molar-refractivity contribution < 1.29 is 13.5 Å². The molecule has 0 bridgehead atoms. The van der Waals surface area contributed by atoms with Crippen LogP contribution in [0.5, 0.6) is 5.75 Å². The fraction of sp³-hybridized carbons (Fsp3) is 0.267. The number of hydrogen-bond acceptors (Lipinski definition) is 2. The number of hydrogen-bond donors (Lipinski definition) is 0. The number of halogens is 2. The van der Waals surface area contributed by atoms with Crippen LogP contribution in [0.1, 0.15) is 18.3 Å². The number of benzene rings is 1. The number of alkyl halides is 2. The van der Waals surface area contributed by atoms with Gasteiger partial charge in [-0.15, -0.1) is 0 Å². The molecule has 0 aliphatic heterocycles. The van der Waals surface area contributed by atoms with Gasteiger partial charge in [0.2, 0.25) is 0 Å². The summed E-state index contributed by atoms with van der Waals surface area (Å²) in [5.41, 5.74) is 3.91. The first-order valence-corrected chi connectivity index (χ1v) is 6.12. The molecule has 0 aliphatic carbocycles. The SMILES string of the molecule is CCc1ccc(-c2ccc(OC(F)F)cc2)c(C)n1. The Morgan fingerprint density at radius 2 is 1.79 bits per heavy atom. The van der Waals surface area contributed by atoms with Gasteiger partial charge in [-0.1, -0.05) is 25.1 Å². The molecule has 0 saturated heterocycles. The molecule has 0 unspecified atom stereocenters. The first-order chi connectivity index (χ1) is 9.10. The van der Waals surface area contributed by atoms with Crippen molar-refractivity contribution >= 4 is 0 Å². The third-order valence-electron chi connectivity index (χ3n) is 2.90. The van der Waals surface area contributed by atoms with Gasteiger partial charge in [-0.25, -0.2) is 0 Å². The van der Waals surface area contributed by atoms with E-state index in [1.54, 1.807) is 12.1 Å². The van der Waals surface area contributed by atoms with E-state index in [2.05, 4.69) is 16.6 Å². The number of ether oxygens (including phenoxy) is 1. The third-order valence-corrected chi connectivity index (χ3v) is 2.90. The summed E-state index contributed by atoms with van der Waals surface area (Å²) in [6, 6.07) is 10.6. The zero-order chi connectivity index (χ0) is 13.8. The minimum atomic E-state index is -2.79. The Labute approximate surface area is 111 Å². The molecule has 0 aliphatic rings. The number of aromatic nitrogens is 1. The lowest BCUT2D eigenvalue weighted by molar-refractivity contribution is -0.0498. The molecule has 1 aromatic carbocycles. The highest BCUT2D eigenvalue weighted by molar-refractivity contribution is 5.66. The zero-order valence-electron chi connectivity index (χ0n) is 10.9. The standard InChI is InChI=1S/C15H15F2NO/c1-3-12-6-9-14(10(2)18-12)11-4-7-13(8-5-11)19-15(16)17/h4-9,15H,3H2,1-2H3. The van der Waals surface area contributed by atoms with E-state index in [4.69, 9.17) is 0 Å². The van der Waals surface area contributed by atoms with Crippen LogP contribution >= 0.6 is 0 Å². The number of rotatable bonds is 4. The molecule has 19 heavy (non-hydrogen) atoms. The number of aryl methyl sites for hydroxylation is 2. The lowest BCUT2D eigenvalue weighted by atomic mass is 10.0. The summed E-state index contributed by atoms with van der Waals surface area (Å²) < 4.78 is 28.4. The van der Waals surface area contributed by atoms with Crippen molar-refractivity contribution in [1.82, 2.24) is 4.98 Å². The van der Waals surface area contributed by atoms with Crippen LogP contribution in [0.4, 0.5) is 8.78 Å². The first kappa shape index (κ1) is 13.5. The van der Waals surface area contributed by atoms with Crippen LogP contribution in [0.15, 0.2) is 36.4 Å². The van der Waals surface area contributed by atoms with Gasteiger partial charge in [0.25, 0.3) is 0 Å². The van der Waals surface area contributed by atoms with Crippen molar-refractivity contribution in [3.8, 4) is 16.9 Å². The minimum absolute atomic E-state index is 0.162. The summed E-state index contributed by atoms with van der Waals surface area (Å²) in [7, 11) is 0. The van der Waals surface area contributed by atoms with Crippen LogP contribution in [-0.4, -0.2) is 11.6 Å². The molecular formula is C15H15F2NO. The molecule has 0 atom stereocenters. The summed E-state index contributed by atoms with van der Waals surface area (Å²) in [6.07, 6.45) is 0.891. The fourth-order valence-electron chi connectivity index (χ4n) is 1.93. The quantitative estimate of drug-likeness (QED) is 0.824. The Morgan fingerprint density at radius 1 is 1.11 bits per heavy atom. The van der Waals surface area contributed by atoms with E-state index >= 15 is 0 Å². The van der Waals surface area contributed by atoms with Crippen molar-refractivity contribution in [2.75, 3.05) is 0 Å². The summed E-state index contributed by atoms with van der Waals surface area (Å²) >= 11 is 0. The van der Waals surface area contributed by atoms with Crippen molar-refractivity contribution in [3.63, 3.8) is 0 Å². The molecule has 0 radical (unpaired) electrons. The lowest BCUT2D eigenvalue weighted by Crippen LogP contribution is -2.01. The molecule has 2 rings (SSSR count). The predicted molar refractivity (Wildman–Crippen MR) is 70.4 cm³/mol. The van der Waals surface area contributed by atoms with Gasteiger partial charge < -0.3 is 4.74 Å². The predicted octanol–water partition coefficient (Wildman–Crippen LogP) is 4.22. The Bertz CT molecular complexity index is 553. The Hall–Kier alpha value is -1.97. The lowest BCUT2D eigenvalue weighted by Gasteiger charge is -2.09. The maximum absolute atomic E-state index is 12.1. The van der Waals surface area contributed by atoms with E-state index in [-0.39, 0.29) is 5.75 Å². The van der Waals surface area contributed by atoms with Crippen LogP contribution in [0.3, 0.4) is 0 Å². The van der Waals surface area contributed by atoms with E-state index in [0.29, 0.717) is 0 Å². The second kappa shape index (κ2) is 5.78. The van der Waals surface area contributed by atoms with Crippen LogP contribution in [-0.2, 0) is 6.42 Å². The van der Waals surface area contributed by atoms with Crippen LogP contribution in [0.25, 0.3) is 11.1 Å². The van der Waals surface area contributed by atoms with Crippen molar-refractivity contribution in [3.05, 3.63) is 47.8 Å². The van der Waals surface area contributed by atoms with Crippen molar-refractivity contribution in [1.29, 1.82) is 0 Å². The van der Waals surface area contributed by atoms with Crippen LogP contribution in [0, 0.1) is 6.92 Å². The van der Waals surface area contributed by atoms with Gasteiger partial charge in [0, 0.05) is 17.0 Å². The minimum Gasteiger partial charge on any atom is -0.435 e. The van der Waals surface area contributed by atoms with Crippen molar-refractivity contribution in [2.45, 2.75) is 26.9 Å². The average molecular weight is 263 g/mol. The normalized spacial score (nSPS) is 10.8. The smallest absolute Gasteiger partial charge is 0.387 e. The maximum Gasteiger partial charge on any atom is 0.387 e. The van der Waals surface area contributed by atoms with Gasteiger partial charge in [0.1, 0.15) is 5.75 Å². The molecule has 2 nitrogen and oxygen atoms in total. The zero-order valence-corrected chi connectivity index (χ0v) is 10.9. The van der Waals surface area contributed by atoms with Gasteiger partial charge >= 0.3 is 6.61 Å². The monoisotopic (exact) mass is 263 g/mol. The number of nitrogens with zero attached hydrogens (tertiary/aromatic N) is 1. The molecule has 0 fully saturated rings. The molecule has 4 heteroatoms. The highest BCUT2D eigenvalue weighted by atomic mass is 19.3. The molecule has 1 heterocycles. The molecule has 0 N–H and O–H groups in total. The van der Waals surface area contributed by atoms with Crippen molar-refractivity contribution in [2.24, 2.45) is 0 Å². The third kappa shape index (κ3) is 3.28. The molecule has 100 valence electrons. The van der Waals surface area contributed by atoms with Gasteiger partial charge in [-0.3, -0.25) is 4.98 Å². The second-order valence-electron chi connectivity index (χ2n) is 4.19. The molecular weight excluding hydrogens is 248 g/mol. The van der Waals surface area contributed by atoms with E-state index < -0.39 is 6.61 Å². The van der Waals surface area contributed by atoms with Gasteiger partial charge in [-0.05, 0) is 37.1 Å². The van der Waals surface area contributed by atoms with E-state index in [9.17, 15) is 8.78 Å². The Balaban J connectivity index is 2.27. The molecule has 0 saturated carbocycles. The highest BCUT2D eigenvalue weighted by Gasteiger charge is 2.06. The fourth-order valence-corrected chi connectivity index (χ4v) is 1.93. The summed E-state index contributed by atoms with van der Waals surface area (Å²) in [4.78, 5) is 4.49. The van der Waals surface area contributed by atoms with Crippen LogP contribution in [0.2, 0.25) is 0 Å². The molecule has 0 amide bonds. The average Bonchev–Trinajstić information content (AvgIpc) is 2.39. The summed E-state index contributed by atoms with van der Waals surface area (Å²) in [5.74, 6) is 0.162. The van der Waals surface area contributed by atoms with Gasteiger partial charge in [0.15, 0.2) is 0 Å². The molecule has 2 aromatic rings. The molecule has 0 spiro atoms. The summed E-state index contributed by atoms with van der Waals surface area (Å²) in [5, 5.41) is 0. The van der Waals surface area contributed by atoms with E-state index in [1.165, 1.54) is 12.1 Å². The summed E-state index contributed by atoms with van der Waals surface area (Å²) in [6.45, 7) is 1.20. The highest BCUT2D eigenvalue weighted by Crippen LogP contribution is 2.25.